The highest BCUT2D eigenvalue weighted by molar-refractivity contribution is 6.30. The molecule has 76 valence electrons. The summed E-state index contributed by atoms with van der Waals surface area (Å²) in [6, 6.07) is 4.32. The van der Waals surface area contributed by atoms with Crippen molar-refractivity contribution in [1.82, 2.24) is 0 Å². The average molecular weight is 216 g/mol. The number of benzene rings is 1. The summed E-state index contributed by atoms with van der Waals surface area (Å²) >= 11 is 5.70. The van der Waals surface area contributed by atoms with Gasteiger partial charge in [0.05, 0.1) is 11.0 Å². The van der Waals surface area contributed by atoms with E-state index in [0.29, 0.717) is 10.6 Å². The Kier molecular flexibility index (Phi) is 3.43. The third-order valence-corrected chi connectivity index (χ3v) is 1.99. The molecule has 0 unspecified atom stereocenters. The van der Waals surface area contributed by atoms with Crippen LogP contribution in [0, 0.1) is 10.1 Å². The van der Waals surface area contributed by atoms with Gasteiger partial charge in [-0.3, -0.25) is 10.1 Å². The van der Waals surface area contributed by atoms with E-state index in [2.05, 4.69) is 0 Å². The number of hydrogen-bond donors (Lipinski definition) is 1. The van der Waals surface area contributed by atoms with Crippen LogP contribution in [0.1, 0.15) is 12.5 Å². The Hall–Kier alpha value is -1.13. The summed E-state index contributed by atoms with van der Waals surface area (Å²) in [6.45, 7) is 1.57. The Morgan fingerprint density at radius 1 is 1.64 bits per heavy atom. The highest BCUT2D eigenvalue weighted by atomic mass is 35.5. The van der Waals surface area contributed by atoms with Crippen molar-refractivity contribution < 1.29 is 10.0 Å². The minimum atomic E-state index is -0.618. The van der Waals surface area contributed by atoms with E-state index in [1.807, 2.05) is 0 Å². The standard InChI is InChI=1S/C9H10ClNO3/c1-6(12)4-7-5-8(10)2-3-9(7)11(13)14/h2-3,5-6,12H,4H2,1H3/t6-/m0/s1. The van der Waals surface area contributed by atoms with Crippen LogP contribution >= 0.6 is 11.6 Å². The van der Waals surface area contributed by atoms with Gasteiger partial charge in [-0.2, -0.15) is 0 Å². The van der Waals surface area contributed by atoms with Crippen molar-refractivity contribution in [3.05, 3.63) is 38.9 Å². The molecule has 0 bridgehead atoms. The van der Waals surface area contributed by atoms with E-state index in [4.69, 9.17) is 16.7 Å². The van der Waals surface area contributed by atoms with E-state index in [9.17, 15) is 10.1 Å². The molecule has 0 fully saturated rings. The van der Waals surface area contributed by atoms with E-state index < -0.39 is 11.0 Å². The number of aliphatic hydroxyl groups is 1. The zero-order valence-corrected chi connectivity index (χ0v) is 8.36. The van der Waals surface area contributed by atoms with E-state index in [1.54, 1.807) is 6.92 Å². The van der Waals surface area contributed by atoms with Gasteiger partial charge in [-0.15, -0.1) is 0 Å². The number of rotatable bonds is 3. The first-order chi connectivity index (χ1) is 6.50. The van der Waals surface area contributed by atoms with Gasteiger partial charge < -0.3 is 5.11 Å². The lowest BCUT2D eigenvalue weighted by Crippen LogP contribution is -2.06. The number of aliphatic hydroxyl groups excluding tert-OH is 1. The SMILES string of the molecule is C[C@H](O)Cc1cc(Cl)ccc1[N+](=O)[O-]. The third kappa shape index (κ3) is 2.68. The highest BCUT2D eigenvalue weighted by Gasteiger charge is 2.14. The molecule has 14 heavy (non-hydrogen) atoms. The van der Waals surface area contributed by atoms with Crippen LogP contribution in [-0.2, 0) is 6.42 Å². The van der Waals surface area contributed by atoms with Gasteiger partial charge in [-0.25, -0.2) is 0 Å². The van der Waals surface area contributed by atoms with Gasteiger partial charge in [0, 0.05) is 23.1 Å². The maximum Gasteiger partial charge on any atom is 0.272 e. The number of halogens is 1. The minimum Gasteiger partial charge on any atom is -0.393 e. The van der Waals surface area contributed by atoms with Crippen molar-refractivity contribution in [3.8, 4) is 0 Å². The van der Waals surface area contributed by atoms with Crippen LogP contribution < -0.4 is 0 Å². The molecule has 0 spiro atoms. The van der Waals surface area contributed by atoms with Crippen molar-refractivity contribution in [2.24, 2.45) is 0 Å². The van der Waals surface area contributed by atoms with Crippen molar-refractivity contribution in [1.29, 1.82) is 0 Å². The largest absolute Gasteiger partial charge is 0.393 e. The Morgan fingerprint density at radius 3 is 2.79 bits per heavy atom. The fourth-order valence-electron chi connectivity index (χ4n) is 1.21. The molecule has 5 heteroatoms. The zero-order valence-electron chi connectivity index (χ0n) is 7.61. The fraction of sp³-hybridized carbons (Fsp3) is 0.333. The normalized spacial score (nSPS) is 12.5. The van der Waals surface area contributed by atoms with E-state index in [1.165, 1.54) is 18.2 Å². The average Bonchev–Trinajstić information content (AvgIpc) is 2.01. The van der Waals surface area contributed by atoms with Crippen LogP contribution in [0.2, 0.25) is 5.02 Å². The van der Waals surface area contributed by atoms with Crippen molar-refractivity contribution in [2.75, 3.05) is 0 Å². The summed E-state index contributed by atoms with van der Waals surface area (Å²) in [5, 5.41) is 20.2. The maximum atomic E-state index is 10.6. The monoisotopic (exact) mass is 215 g/mol. The number of nitro benzene ring substituents is 1. The molecule has 0 aliphatic heterocycles. The van der Waals surface area contributed by atoms with Crippen LogP contribution in [0.5, 0.6) is 0 Å². The van der Waals surface area contributed by atoms with E-state index >= 15 is 0 Å². The molecule has 0 amide bonds. The molecule has 0 aliphatic carbocycles. The van der Waals surface area contributed by atoms with E-state index in [0.717, 1.165) is 0 Å². The lowest BCUT2D eigenvalue weighted by Gasteiger charge is -2.05. The first-order valence-corrected chi connectivity index (χ1v) is 4.49. The van der Waals surface area contributed by atoms with Gasteiger partial charge in [0.25, 0.3) is 5.69 Å². The van der Waals surface area contributed by atoms with Crippen LogP contribution in [0.25, 0.3) is 0 Å². The summed E-state index contributed by atoms with van der Waals surface area (Å²) in [6.07, 6.45) is -0.385. The molecular formula is C9H10ClNO3. The third-order valence-electron chi connectivity index (χ3n) is 1.75. The molecule has 1 aromatic rings. The molecule has 1 rings (SSSR count). The summed E-state index contributed by atoms with van der Waals surface area (Å²) in [5.74, 6) is 0. The molecule has 1 aromatic carbocycles. The Bertz CT molecular complexity index is 352. The van der Waals surface area contributed by atoms with Crippen LogP contribution in [0.15, 0.2) is 18.2 Å². The summed E-state index contributed by atoms with van der Waals surface area (Å²) in [7, 11) is 0. The van der Waals surface area contributed by atoms with Crippen molar-refractivity contribution in [3.63, 3.8) is 0 Å². The summed E-state index contributed by atoms with van der Waals surface area (Å²) in [4.78, 5) is 10.1. The molecule has 1 N–H and O–H groups in total. The predicted octanol–water partition coefficient (Wildman–Crippen LogP) is 2.17. The van der Waals surface area contributed by atoms with Gasteiger partial charge in [0.2, 0.25) is 0 Å². The smallest absolute Gasteiger partial charge is 0.272 e. The molecular weight excluding hydrogens is 206 g/mol. The van der Waals surface area contributed by atoms with E-state index in [-0.39, 0.29) is 12.1 Å². The first-order valence-electron chi connectivity index (χ1n) is 4.11. The number of hydrogen-bond acceptors (Lipinski definition) is 3. The fourth-order valence-corrected chi connectivity index (χ4v) is 1.41. The minimum absolute atomic E-state index is 0.00435. The predicted molar refractivity (Wildman–Crippen MR) is 53.5 cm³/mol. The van der Waals surface area contributed by atoms with Gasteiger partial charge in [-0.05, 0) is 19.1 Å². The van der Waals surface area contributed by atoms with Crippen LogP contribution in [-0.4, -0.2) is 16.1 Å². The second-order valence-corrected chi connectivity index (χ2v) is 3.52. The molecule has 0 aliphatic rings. The second kappa shape index (κ2) is 4.39. The summed E-state index contributed by atoms with van der Waals surface area (Å²) < 4.78 is 0. The quantitative estimate of drug-likeness (QED) is 0.621. The Labute approximate surface area is 86.3 Å². The zero-order chi connectivity index (χ0) is 10.7. The van der Waals surface area contributed by atoms with Gasteiger partial charge in [0.15, 0.2) is 0 Å². The highest BCUT2D eigenvalue weighted by Crippen LogP contribution is 2.23. The van der Waals surface area contributed by atoms with Gasteiger partial charge in [-0.1, -0.05) is 11.6 Å². The molecule has 1 atom stereocenters. The van der Waals surface area contributed by atoms with Crippen molar-refractivity contribution in [2.45, 2.75) is 19.4 Å². The topological polar surface area (TPSA) is 63.4 Å². The molecule has 0 radical (unpaired) electrons. The number of nitrogens with zero attached hydrogens (tertiary/aromatic N) is 1. The molecule has 4 nitrogen and oxygen atoms in total. The van der Waals surface area contributed by atoms with Crippen molar-refractivity contribution >= 4 is 17.3 Å². The second-order valence-electron chi connectivity index (χ2n) is 3.08. The molecule has 0 saturated carbocycles. The van der Waals surface area contributed by atoms with Gasteiger partial charge in [0.1, 0.15) is 0 Å². The first kappa shape index (κ1) is 10.9. The molecule has 0 saturated heterocycles. The van der Waals surface area contributed by atoms with Crippen LogP contribution in [0.3, 0.4) is 0 Å². The summed E-state index contributed by atoms with van der Waals surface area (Å²) in [5.41, 5.74) is 0.452. The van der Waals surface area contributed by atoms with Gasteiger partial charge >= 0.3 is 0 Å². The lowest BCUT2D eigenvalue weighted by atomic mass is 10.1. The maximum absolute atomic E-state index is 10.6. The Morgan fingerprint density at radius 2 is 2.29 bits per heavy atom. The Balaban J connectivity index is 3.09. The molecule has 0 heterocycles. The molecule has 0 aromatic heterocycles. The van der Waals surface area contributed by atoms with Crippen LogP contribution in [0.4, 0.5) is 5.69 Å². The lowest BCUT2D eigenvalue weighted by molar-refractivity contribution is -0.385. The number of nitro groups is 1.